The number of nitrogens with zero attached hydrogens (tertiary/aromatic N) is 2. The van der Waals surface area contributed by atoms with Gasteiger partial charge >= 0.3 is 5.97 Å². The SMILES string of the molecule is COC(=O)C1=C(O)c2ccccc2S(=O)(=O)N1c1ccccc1-n1cccc1. The zero-order valence-corrected chi connectivity index (χ0v) is 15.6. The van der Waals surface area contributed by atoms with Gasteiger partial charge in [-0.25, -0.2) is 17.5 Å². The molecule has 0 amide bonds. The summed E-state index contributed by atoms with van der Waals surface area (Å²) in [5, 5.41) is 10.8. The van der Waals surface area contributed by atoms with E-state index in [4.69, 9.17) is 4.74 Å². The molecule has 0 aliphatic carbocycles. The molecule has 1 aliphatic rings. The fraction of sp³-hybridized carbons (Fsp3) is 0.0500. The highest BCUT2D eigenvalue weighted by atomic mass is 32.2. The number of fused-ring (bicyclic) bond motifs is 1. The van der Waals surface area contributed by atoms with E-state index in [1.54, 1.807) is 65.5 Å². The Balaban J connectivity index is 2.07. The number of ether oxygens (including phenoxy) is 1. The molecule has 2 heterocycles. The number of rotatable bonds is 3. The minimum absolute atomic E-state index is 0.0533. The molecule has 0 saturated carbocycles. The van der Waals surface area contributed by atoms with Crippen LogP contribution in [-0.4, -0.2) is 31.2 Å². The molecule has 2 aromatic carbocycles. The Labute approximate surface area is 161 Å². The number of carbonyl (C=O) groups is 1. The lowest BCUT2D eigenvalue weighted by molar-refractivity contribution is -0.136. The fourth-order valence-corrected chi connectivity index (χ4v) is 4.91. The van der Waals surface area contributed by atoms with Crippen LogP contribution in [-0.2, 0) is 19.6 Å². The van der Waals surface area contributed by atoms with Crippen molar-refractivity contribution in [1.29, 1.82) is 0 Å². The topological polar surface area (TPSA) is 88.8 Å². The van der Waals surface area contributed by atoms with Crippen LogP contribution in [0.2, 0.25) is 0 Å². The van der Waals surface area contributed by atoms with Crippen molar-refractivity contribution in [2.45, 2.75) is 4.90 Å². The van der Waals surface area contributed by atoms with Gasteiger partial charge < -0.3 is 14.4 Å². The predicted molar refractivity (Wildman–Crippen MR) is 103 cm³/mol. The number of aromatic nitrogens is 1. The third-order valence-corrected chi connectivity index (χ3v) is 6.22. The molecule has 0 fully saturated rings. The molecule has 1 aliphatic heterocycles. The maximum absolute atomic E-state index is 13.5. The van der Waals surface area contributed by atoms with Gasteiger partial charge in [0.2, 0.25) is 0 Å². The molecule has 0 atom stereocenters. The van der Waals surface area contributed by atoms with Crippen molar-refractivity contribution in [3.8, 4) is 5.69 Å². The molecule has 1 N–H and O–H groups in total. The van der Waals surface area contributed by atoms with Crippen LogP contribution < -0.4 is 4.31 Å². The van der Waals surface area contributed by atoms with Gasteiger partial charge in [-0.05, 0) is 36.4 Å². The number of hydrogen-bond acceptors (Lipinski definition) is 5. The number of sulfonamides is 1. The van der Waals surface area contributed by atoms with E-state index in [0.29, 0.717) is 5.69 Å². The number of para-hydroxylation sites is 2. The summed E-state index contributed by atoms with van der Waals surface area (Å²) in [6, 6.07) is 16.3. The third kappa shape index (κ3) is 2.57. The molecule has 0 bridgehead atoms. The van der Waals surface area contributed by atoms with Gasteiger partial charge in [0.1, 0.15) is 0 Å². The zero-order valence-electron chi connectivity index (χ0n) is 14.8. The van der Waals surface area contributed by atoms with Crippen LogP contribution in [0.3, 0.4) is 0 Å². The Hall–Kier alpha value is -3.52. The molecule has 0 radical (unpaired) electrons. The summed E-state index contributed by atoms with van der Waals surface area (Å²) in [6.07, 6.45) is 3.51. The molecule has 28 heavy (non-hydrogen) atoms. The monoisotopic (exact) mass is 396 g/mol. The molecule has 4 rings (SSSR count). The van der Waals surface area contributed by atoms with Crippen molar-refractivity contribution < 1.29 is 23.1 Å². The first-order valence-electron chi connectivity index (χ1n) is 8.35. The van der Waals surface area contributed by atoms with E-state index in [1.165, 1.54) is 12.1 Å². The Morgan fingerprint density at radius 3 is 2.21 bits per heavy atom. The van der Waals surface area contributed by atoms with E-state index < -0.39 is 27.4 Å². The molecular formula is C20H16N2O5S. The van der Waals surface area contributed by atoms with Crippen molar-refractivity contribution in [1.82, 2.24) is 4.57 Å². The Kier molecular flexibility index (Phi) is 4.20. The first kappa shape index (κ1) is 17.9. The molecule has 142 valence electrons. The van der Waals surface area contributed by atoms with Crippen molar-refractivity contribution in [3.05, 3.63) is 84.3 Å². The second-order valence-electron chi connectivity index (χ2n) is 6.03. The number of aliphatic hydroxyl groups excluding tert-OH is 1. The van der Waals surface area contributed by atoms with Gasteiger partial charge in [0.05, 0.1) is 23.4 Å². The average Bonchev–Trinajstić information content (AvgIpc) is 3.25. The van der Waals surface area contributed by atoms with E-state index in [9.17, 15) is 18.3 Å². The van der Waals surface area contributed by atoms with E-state index in [0.717, 1.165) is 11.4 Å². The second kappa shape index (κ2) is 6.58. The van der Waals surface area contributed by atoms with Gasteiger partial charge in [0, 0.05) is 18.0 Å². The molecule has 1 aromatic heterocycles. The van der Waals surface area contributed by atoms with Gasteiger partial charge in [0.15, 0.2) is 11.5 Å². The van der Waals surface area contributed by atoms with Crippen LogP contribution in [0.15, 0.2) is 83.6 Å². The quantitative estimate of drug-likeness (QED) is 0.688. The van der Waals surface area contributed by atoms with Gasteiger partial charge in [-0.1, -0.05) is 24.3 Å². The van der Waals surface area contributed by atoms with Gasteiger partial charge in [-0.15, -0.1) is 0 Å². The third-order valence-electron chi connectivity index (χ3n) is 4.45. The summed E-state index contributed by atoms with van der Waals surface area (Å²) in [6.45, 7) is 0. The average molecular weight is 396 g/mol. The lowest BCUT2D eigenvalue weighted by atomic mass is 10.1. The Bertz CT molecular complexity index is 1200. The zero-order chi connectivity index (χ0) is 19.9. The summed E-state index contributed by atoms with van der Waals surface area (Å²) in [5.41, 5.74) is 0.322. The first-order chi connectivity index (χ1) is 13.5. The van der Waals surface area contributed by atoms with Crippen molar-refractivity contribution in [2.75, 3.05) is 11.4 Å². The van der Waals surface area contributed by atoms with E-state index in [1.807, 2.05) is 0 Å². The first-order valence-corrected chi connectivity index (χ1v) is 9.79. The molecule has 8 heteroatoms. The maximum atomic E-state index is 13.5. The summed E-state index contributed by atoms with van der Waals surface area (Å²) in [5.74, 6) is -1.42. The Morgan fingerprint density at radius 2 is 1.54 bits per heavy atom. The van der Waals surface area contributed by atoms with E-state index in [-0.39, 0.29) is 16.1 Å². The molecule has 3 aromatic rings. The summed E-state index contributed by atoms with van der Waals surface area (Å²) in [7, 11) is -3.05. The molecule has 0 unspecified atom stereocenters. The number of methoxy groups -OCH3 is 1. The van der Waals surface area contributed by atoms with Crippen LogP contribution in [0.4, 0.5) is 5.69 Å². The van der Waals surface area contributed by atoms with E-state index >= 15 is 0 Å². The smallest absolute Gasteiger partial charge is 0.359 e. The van der Waals surface area contributed by atoms with Crippen molar-refractivity contribution in [3.63, 3.8) is 0 Å². The predicted octanol–water partition coefficient (Wildman–Crippen LogP) is 3.09. The minimum atomic E-state index is -4.19. The van der Waals surface area contributed by atoms with Crippen LogP contribution in [0.25, 0.3) is 11.4 Å². The van der Waals surface area contributed by atoms with Gasteiger partial charge in [-0.3, -0.25) is 0 Å². The van der Waals surface area contributed by atoms with Crippen LogP contribution in [0, 0.1) is 0 Å². The normalized spacial score (nSPS) is 15.2. The highest BCUT2D eigenvalue weighted by molar-refractivity contribution is 7.93. The van der Waals surface area contributed by atoms with Crippen LogP contribution in [0.1, 0.15) is 5.56 Å². The molecule has 0 saturated heterocycles. The largest absolute Gasteiger partial charge is 0.505 e. The molecule has 7 nitrogen and oxygen atoms in total. The summed E-state index contributed by atoms with van der Waals surface area (Å²) < 4.78 is 34.3. The number of hydrogen-bond donors (Lipinski definition) is 1. The highest BCUT2D eigenvalue weighted by Gasteiger charge is 2.42. The fourth-order valence-electron chi connectivity index (χ4n) is 3.21. The molecular weight excluding hydrogens is 380 g/mol. The lowest BCUT2D eigenvalue weighted by Gasteiger charge is -2.32. The molecule has 0 spiro atoms. The highest BCUT2D eigenvalue weighted by Crippen LogP contribution is 2.41. The van der Waals surface area contributed by atoms with Gasteiger partial charge in [0.25, 0.3) is 10.0 Å². The minimum Gasteiger partial charge on any atom is -0.505 e. The standard InChI is InChI=1S/C20H16N2O5S/c1-27-20(24)18-19(23)14-8-2-5-11-17(14)28(25,26)22(18)16-10-4-3-9-15(16)21-12-6-7-13-21/h2-13,23H,1H3. The number of carbonyl (C=O) groups excluding carboxylic acids is 1. The van der Waals surface area contributed by atoms with Crippen LogP contribution in [0.5, 0.6) is 0 Å². The van der Waals surface area contributed by atoms with Gasteiger partial charge in [-0.2, -0.15) is 0 Å². The van der Waals surface area contributed by atoms with Crippen LogP contribution >= 0.6 is 0 Å². The lowest BCUT2D eigenvalue weighted by Crippen LogP contribution is -2.39. The summed E-state index contributed by atoms with van der Waals surface area (Å²) >= 11 is 0. The number of benzene rings is 2. The summed E-state index contributed by atoms with van der Waals surface area (Å²) in [4.78, 5) is 12.4. The number of anilines is 1. The second-order valence-corrected chi connectivity index (χ2v) is 7.79. The van der Waals surface area contributed by atoms with Crippen molar-refractivity contribution >= 4 is 27.4 Å². The Morgan fingerprint density at radius 1 is 0.929 bits per heavy atom. The number of aliphatic hydroxyl groups is 1. The van der Waals surface area contributed by atoms with Crippen molar-refractivity contribution in [2.24, 2.45) is 0 Å². The maximum Gasteiger partial charge on any atom is 0.359 e. The number of esters is 1. The van der Waals surface area contributed by atoms with E-state index in [2.05, 4.69) is 0 Å².